The first kappa shape index (κ1) is 40.2. The molecule has 45 heavy (non-hydrogen) atoms. The van der Waals surface area contributed by atoms with Gasteiger partial charge >= 0.3 is 11.9 Å². The topological polar surface area (TPSA) is 152 Å². The SMILES string of the molecule is CC/C=C/C=C/C=C/C=C/CCCCCC(=O)OC(COC(=O)CC/C=C/C/C=C/CC)CO[C@H]1O[C@@H](CO)[C@@H](O)C(O)C1O. The van der Waals surface area contributed by atoms with E-state index < -0.39 is 55.4 Å². The van der Waals surface area contributed by atoms with E-state index in [4.69, 9.17) is 18.9 Å². The maximum atomic E-state index is 12.6. The van der Waals surface area contributed by atoms with E-state index in [2.05, 4.69) is 32.1 Å². The number of aliphatic hydroxyl groups excluding tert-OH is 4. The minimum absolute atomic E-state index is 0.152. The van der Waals surface area contributed by atoms with Gasteiger partial charge in [-0.2, -0.15) is 0 Å². The van der Waals surface area contributed by atoms with Crippen LogP contribution in [-0.4, -0.2) is 89.0 Å². The summed E-state index contributed by atoms with van der Waals surface area (Å²) in [5.41, 5.74) is 0. The second-order valence-corrected chi connectivity index (χ2v) is 10.6. The van der Waals surface area contributed by atoms with E-state index in [9.17, 15) is 30.0 Å². The fraction of sp³-hybridized carbons (Fsp3) is 0.600. The van der Waals surface area contributed by atoms with Crippen molar-refractivity contribution in [2.75, 3.05) is 19.8 Å². The predicted octanol–water partition coefficient (Wildman–Crippen LogP) is 4.54. The van der Waals surface area contributed by atoms with E-state index in [0.717, 1.165) is 38.5 Å². The number of hydrogen-bond donors (Lipinski definition) is 4. The maximum absolute atomic E-state index is 12.6. The van der Waals surface area contributed by atoms with Crippen molar-refractivity contribution in [2.24, 2.45) is 0 Å². The standard InChI is InChI=1S/C35H54O10/c1-3-5-7-9-11-12-13-14-15-16-18-20-22-24-31(38)44-28(26-42-30(37)23-21-19-17-10-8-6-4-2)27-43-35-34(41)33(40)32(39)29(25-36)45-35/h5-9,11-15,17,19,28-29,32-36,39-41H,3-4,10,16,18,20-27H2,1-2H3/b7-5+,8-6+,11-9+,13-12+,15-14+,19-17+/t28?,29-,32+,33?,34?,35-/m0/s1. The van der Waals surface area contributed by atoms with Crippen molar-refractivity contribution in [3.63, 3.8) is 0 Å². The van der Waals surface area contributed by atoms with Crippen LogP contribution in [0.25, 0.3) is 0 Å². The fourth-order valence-corrected chi connectivity index (χ4v) is 4.14. The molecule has 1 fully saturated rings. The lowest BCUT2D eigenvalue weighted by molar-refractivity contribution is -0.305. The molecule has 254 valence electrons. The number of esters is 2. The molecule has 0 aromatic carbocycles. The number of ether oxygens (including phenoxy) is 4. The Morgan fingerprint density at radius 1 is 0.711 bits per heavy atom. The maximum Gasteiger partial charge on any atom is 0.306 e. The normalized spacial score (nSPS) is 23.4. The molecule has 10 heteroatoms. The molecule has 1 aliphatic rings. The van der Waals surface area contributed by atoms with Crippen LogP contribution in [0.3, 0.4) is 0 Å². The van der Waals surface area contributed by atoms with Gasteiger partial charge in [0, 0.05) is 12.8 Å². The molecule has 0 radical (unpaired) electrons. The first-order chi connectivity index (χ1) is 21.8. The van der Waals surface area contributed by atoms with Crippen LogP contribution in [0.1, 0.15) is 78.1 Å². The summed E-state index contributed by atoms with van der Waals surface area (Å²) in [6.45, 7) is 2.96. The molecule has 0 bridgehead atoms. The van der Waals surface area contributed by atoms with Crippen LogP contribution in [0.2, 0.25) is 0 Å². The Hall–Kier alpha value is -2.86. The summed E-state index contributed by atoms with van der Waals surface area (Å²) in [5, 5.41) is 39.7. The van der Waals surface area contributed by atoms with Gasteiger partial charge in [0.05, 0.1) is 13.2 Å². The average molecular weight is 635 g/mol. The molecule has 0 saturated carbocycles. The van der Waals surface area contributed by atoms with Gasteiger partial charge in [0.15, 0.2) is 12.4 Å². The Morgan fingerprint density at radius 2 is 1.40 bits per heavy atom. The lowest BCUT2D eigenvalue weighted by atomic mass is 9.99. The van der Waals surface area contributed by atoms with Crippen LogP contribution in [0, 0.1) is 0 Å². The molecule has 0 aliphatic carbocycles. The van der Waals surface area contributed by atoms with Crippen LogP contribution < -0.4 is 0 Å². The van der Waals surface area contributed by atoms with Crippen LogP contribution in [-0.2, 0) is 28.5 Å². The van der Waals surface area contributed by atoms with Crippen molar-refractivity contribution in [1.29, 1.82) is 0 Å². The van der Waals surface area contributed by atoms with Crippen molar-refractivity contribution in [1.82, 2.24) is 0 Å². The third-order valence-corrected chi connectivity index (χ3v) is 6.69. The molecule has 10 nitrogen and oxygen atoms in total. The summed E-state index contributed by atoms with van der Waals surface area (Å²) < 4.78 is 21.7. The van der Waals surface area contributed by atoms with E-state index >= 15 is 0 Å². The quantitative estimate of drug-likeness (QED) is 0.0546. The average Bonchev–Trinajstić information content (AvgIpc) is 3.03. The van der Waals surface area contributed by atoms with Crippen molar-refractivity contribution in [3.05, 3.63) is 72.9 Å². The molecular weight excluding hydrogens is 580 g/mol. The first-order valence-corrected chi connectivity index (χ1v) is 16.1. The second kappa shape index (κ2) is 26.4. The van der Waals surface area contributed by atoms with Gasteiger partial charge in [-0.05, 0) is 44.9 Å². The van der Waals surface area contributed by atoms with Gasteiger partial charge in [-0.1, -0.05) is 93.2 Å². The third kappa shape index (κ3) is 19.3. The summed E-state index contributed by atoms with van der Waals surface area (Å²) in [5.74, 6) is -0.955. The van der Waals surface area contributed by atoms with Crippen LogP contribution in [0.4, 0.5) is 0 Å². The van der Waals surface area contributed by atoms with Gasteiger partial charge in [-0.3, -0.25) is 9.59 Å². The minimum atomic E-state index is -1.61. The third-order valence-electron chi connectivity index (χ3n) is 6.69. The predicted molar refractivity (Wildman–Crippen MR) is 173 cm³/mol. The van der Waals surface area contributed by atoms with E-state index in [1.165, 1.54) is 0 Å². The summed E-state index contributed by atoms with van der Waals surface area (Å²) >= 11 is 0. The molecule has 1 rings (SSSR count). The zero-order valence-corrected chi connectivity index (χ0v) is 26.8. The van der Waals surface area contributed by atoms with Crippen LogP contribution in [0.15, 0.2) is 72.9 Å². The first-order valence-electron chi connectivity index (χ1n) is 16.1. The smallest absolute Gasteiger partial charge is 0.306 e. The second-order valence-electron chi connectivity index (χ2n) is 10.6. The van der Waals surface area contributed by atoms with E-state index in [-0.39, 0.29) is 26.1 Å². The van der Waals surface area contributed by atoms with E-state index in [1.807, 2.05) is 54.7 Å². The molecule has 0 aromatic rings. The van der Waals surface area contributed by atoms with E-state index in [1.54, 1.807) is 0 Å². The Labute approximate surface area is 268 Å². The van der Waals surface area contributed by atoms with Gasteiger partial charge in [-0.25, -0.2) is 0 Å². The highest BCUT2D eigenvalue weighted by Crippen LogP contribution is 2.22. The largest absolute Gasteiger partial charge is 0.462 e. The summed E-state index contributed by atoms with van der Waals surface area (Å²) in [6, 6.07) is 0. The number of allylic oxidation sites excluding steroid dienone is 12. The van der Waals surface area contributed by atoms with Crippen molar-refractivity contribution >= 4 is 11.9 Å². The van der Waals surface area contributed by atoms with E-state index in [0.29, 0.717) is 12.8 Å². The van der Waals surface area contributed by atoms with Gasteiger partial charge in [0.25, 0.3) is 0 Å². The zero-order chi connectivity index (χ0) is 33.1. The Balaban J connectivity index is 2.54. The van der Waals surface area contributed by atoms with Crippen molar-refractivity contribution < 1.29 is 49.0 Å². The van der Waals surface area contributed by atoms with Gasteiger partial charge in [0.2, 0.25) is 0 Å². The molecule has 1 heterocycles. The fourth-order valence-electron chi connectivity index (χ4n) is 4.14. The number of aliphatic hydroxyl groups is 4. The Kier molecular flexibility index (Phi) is 23.5. The lowest BCUT2D eigenvalue weighted by Crippen LogP contribution is -2.59. The summed E-state index contributed by atoms with van der Waals surface area (Å²) in [7, 11) is 0. The number of carbonyl (C=O) groups is 2. The van der Waals surface area contributed by atoms with Crippen LogP contribution in [0.5, 0.6) is 0 Å². The van der Waals surface area contributed by atoms with Gasteiger partial charge in [-0.15, -0.1) is 0 Å². The highest BCUT2D eigenvalue weighted by molar-refractivity contribution is 5.70. The molecule has 1 aliphatic heterocycles. The molecule has 3 unspecified atom stereocenters. The highest BCUT2D eigenvalue weighted by atomic mass is 16.7. The Morgan fingerprint density at radius 3 is 2.11 bits per heavy atom. The zero-order valence-electron chi connectivity index (χ0n) is 26.8. The Bertz CT molecular complexity index is 965. The van der Waals surface area contributed by atoms with Crippen LogP contribution >= 0.6 is 0 Å². The number of rotatable bonds is 23. The number of hydrogen-bond acceptors (Lipinski definition) is 10. The summed E-state index contributed by atoms with van der Waals surface area (Å²) in [4.78, 5) is 24.8. The lowest BCUT2D eigenvalue weighted by Gasteiger charge is -2.39. The van der Waals surface area contributed by atoms with Crippen molar-refractivity contribution in [3.8, 4) is 0 Å². The van der Waals surface area contributed by atoms with Crippen molar-refractivity contribution in [2.45, 2.75) is 115 Å². The molecule has 0 aromatic heterocycles. The number of carbonyl (C=O) groups excluding carboxylic acids is 2. The molecule has 1 saturated heterocycles. The molecule has 0 amide bonds. The number of unbranched alkanes of at least 4 members (excludes halogenated alkanes) is 3. The molecule has 6 atom stereocenters. The molecule has 4 N–H and O–H groups in total. The van der Waals surface area contributed by atoms with Gasteiger partial charge in [0.1, 0.15) is 31.0 Å². The summed E-state index contributed by atoms with van der Waals surface area (Å²) in [6.07, 6.45) is 22.6. The van der Waals surface area contributed by atoms with Gasteiger partial charge < -0.3 is 39.4 Å². The monoisotopic (exact) mass is 634 g/mol. The minimum Gasteiger partial charge on any atom is -0.462 e. The molecular formula is C35H54O10. The highest BCUT2D eigenvalue weighted by Gasteiger charge is 2.44. The molecule has 0 spiro atoms.